The smallest absolute Gasteiger partial charge is 0.399 e. The Balaban J connectivity index is 2.38. The molecule has 4 N–H and O–H groups in total. The van der Waals surface area contributed by atoms with E-state index in [0.29, 0.717) is 18.5 Å². The maximum Gasteiger partial charge on any atom is 0.417 e. The van der Waals surface area contributed by atoms with E-state index in [9.17, 15) is 13.2 Å². The monoisotopic (exact) mass is 363 g/mol. The van der Waals surface area contributed by atoms with Crippen molar-refractivity contribution >= 4 is 29.5 Å². The van der Waals surface area contributed by atoms with Gasteiger partial charge in [0.25, 0.3) is 0 Å². The zero-order valence-electron chi connectivity index (χ0n) is 11.9. The number of halogens is 4. The number of nitrogens with one attached hydrogen (secondary N) is 1. The van der Waals surface area contributed by atoms with Gasteiger partial charge >= 0.3 is 6.18 Å². The van der Waals surface area contributed by atoms with Crippen LogP contribution in [-0.2, 0) is 24.8 Å². The summed E-state index contributed by atoms with van der Waals surface area (Å²) >= 11 is 6.10. The molecule has 0 unspecified atom stereocenters. The van der Waals surface area contributed by atoms with Gasteiger partial charge in [-0.05, 0) is 29.7 Å². The molecule has 23 heavy (non-hydrogen) atoms. The standard InChI is InChI=1S/C15H14ClF3N2OS/c16-13-8-11(20)7-12(15(17,18)19)14(13)10-3-1-9(2-4-10)5-6-21-23-22/h1-4,7-8,21-22H,5-6,20H2/p+1. The molecular weight excluding hydrogens is 349 g/mol. The first-order valence-corrected chi connectivity index (χ1v) is 7.88. The van der Waals surface area contributed by atoms with Gasteiger partial charge in [0, 0.05) is 17.8 Å². The lowest BCUT2D eigenvalue weighted by Gasteiger charge is -2.16. The molecule has 2 rings (SSSR count). The minimum Gasteiger partial charge on any atom is -0.399 e. The van der Waals surface area contributed by atoms with Crippen molar-refractivity contribution in [3.63, 3.8) is 0 Å². The third-order valence-electron chi connectivity index (χ3n) is 3.26. The summed E-state index contributed by atoms with van der Waals surface area (Å²) in [5.41, 5.74) is 5.83. The van der Waals surface area contributed by atoms with Crippen LogP contribution in [0.25, 0.3) is 11.1 Å². The van der Waals surface area contributed by atoms with Crippen LogP contribution in [0.4, 0.5) is 18.9 Å². The van der Waals surface area contributed by atoms with Crippen LogP contribution in [0.2, 0.25) is 5.02 Å². The van der Waals surface area contributed by atoms with Gasteiger partial charge in [0.2, 0.25) is 12.2 Å². The third kappa shape index (κ3) is 4.54. The highest BCUT2D eigenvalue weighted by atomic mass is 35.5. The summed E-state index contributed by atoms with van der Waals surface area (Å²) in [6.45, 7) is 0.563. The van der Waals surface area contributed by atoms with E-state index in [-0.39, 0.29) is 28.5 Å². The average molecular weight is 364 g/mol. The largest absolute Gasteiger partial charge is 0.417 e. The second-order valence-corrected chi connectivity index (χ2v) is 5.80. The first kappa shape index (κ1) is 17.9. The van der Waals surface area contributed by atoms with Crippen molar-refractivity contribution in [1.82, 2.24) is 4.72 Å². The molecule has 2 aromatic rings. The van der Waals surface area contributed by atoms with Gasteiger partial charge in [-0.3, -0.25) is 0 Å². The summed E-state index contributed by atoms with van der Waals surface area (Å²) < 4.78 is 51.1. The number of nitrogens with two attached hydrogens (primary N) is 1. The molecule has 2 aromatic carbocycles. The van der Waals surface area contributed by atoms with Crippen LogP contribution in [0, 0.1) is 0 Å². The lowest BCUT2D eigenvalue weighted by Crippen LogP contribution is -2.14. The van der Waals surface area contributed by atoms with E-state index in [1.807, 2.05) is 0 Å². The van der Waals surface area contributed by atoms with E-state index in [0.717, 1.165) is 11.6 Å². The molecular formula is C15H15ClF3N2OS+. The molecule has 0 bridgehead atoms. The van der Waals surface area contributed by atoms with Gasteiger partial charge in [0.05, 0.1) is 10.6 Å². The van der Waals surface area contributed by atoms with Crippen LogP contribution in [0.5, 0.6) is 0 Å². The van der Waals surface area contributed by atoms with E-state index in [2.05, 4.69) is 4.72 Å². The van der Waals surface area contributed by atoms with Crippen molar-refractivity contribution in [3.8, 4) is 11.1 Å². The SMILES string of the molecule is Nc1cc(Cl)c(-c2ccc(CCN[SH+]O)cc2)c(C(F)(F)F)c1. The molecule has 0 saturated carbocycles. The van der Waals surface area contributed by atoms with E-state index in [1.165, 1.54) is 6.07 Å². The number of thiol groups is 1. The van der Waals surface area contributed by atoms with Crippen LogP contribution >= 0.6 is 11.6 Å². The first-order valence-electron chi connectivity index (χ1n) is 6.65. The molecule has 0 heterocycles. The molecule has 0 spiro atoms. The Bertz CT molecular complexity index is 678. The Morgan fingerprint density at radius 1 is 1.17 bits per heavy atom. The number of hydrogen-bond donors (Lipinski definition) is 3. The number of rotatable bonds is 5. The summed E-state index contributed by atoms with van der Waals surface area (Å²) in [7, 11) is 0. The van der Waals surface area contributed by atoms with E-state index < -0.39 is 11.7 Å². The van der Waals surface area contributed by atoms with Crippen molar-refractivity contribution in [2.75, 3.05) is 12.3 Å². The number of nitrogen functional groups attached to an aromatic ring is 1. The second-order valence-electron chi connectivity index (χ2n) is 4.88. The van der Waals surface area contributed by atoms with Crippen molar-refractivity contribution in [3.05, 3.63) is 52.5 Å². The maximum absolute atomic E-state index is 13.2. The predicted molar refractivity (Wildman–Crippen MR) is 89.4 cm³/mol. The highest BCUT2D eigenvalue weighted by Gasteiger charge is 2.35. The number of hydrogen-bond acceptors (Lipinski definition) is 3. The van der Waals surface area contributed by atoms with Gasteiger partial charge in [-0.1, -0.05) is 35.9 Å². The van der Waals surface area contributed by atoms with Gasteiger partial charge in [-0.2, -0.15) is 17.7 Å². The summed E-state index contributed by atoms with van der Waals surface area (Å²) in [6.07, 6.45) is -3.90. The van der Waals surface area contributed by atoms with Crippen LogP contribution < -0.4 is 10.5 Å². The molecule has 0 aliphatic heterocycles. The maximum atomic E-state index is 13.2. The molecule has 0 radical (unpaired) electrons. The molecule has 0 saturated heterocycles. The fourth-order valence-electron chi connectivity index (χ4n) is 2.23. The highest BCUT2D eigenvalue weighted by Crippen LogP contribution is 2.42. The van der Waals surface area contributed by atoms with Gasteiger partial charge in [-0.25, -0.2) is 0 Å². The normalized spacial score (nSPS) is 11.7. The summed E-state index contributed by atoms with van der Waals surface area (Å²) in [6, 6.07) is 8.86. The first-order chi connectivity index (χ1) is 10.8. The topological polar surface area (TPSA) is 58.3 Å². The summed E-state index contributed by atoms with van der Waals surface area (Å²) in [4.78, 5) is 0. The molecule has 0 fully saturated rings. The molecule has 8 heteroatoms. The zero-order valence-corrected chi connectivity index (χ0v) is 13.5. The lowest BCUT2D eigenvalue weighted by molar-refractivity contribution is -0.137. The van der Waals surface area contributed by atoms with Gasteiger partial charge in [0.1, 0.15) is 0 Å². The Hall–Kier alpha value is -1.41. The molecule has 3 nitrogen and oxygen atoms in total. The number of alkyl halides is 3. The predicted octanol–water partition coefficient (Wildman–Crippen LogP) is 3.94. The molecule has 0 atom stereocenters. The Labute approximate surface area is 141 Å². The van der Waals surface area contributed by atoms with Crippen molar-refractivity contribution in [2.45, 2.75) is 12.6 Å². The van der Waals surface area contributed by atoms with Crippen LogP contribution in [0.15, 0.2) is 36.4 Å². The second kappa shape index (κ2) is 7.44. The summed E-state index contributed by atoms with van der Waals surface area (Å²) in [5, 5.41) is -0.0363. The van der Waals surface area contributed by atoms with Gasteiger partial charge < -0.3 is 5.73 Å². The fourth-order valence-corrected chi connectivity index (χ4v) is 2.78. The highest BCUT2D eigenvalue weighted by molar-refractivity contribution is 7.70. The van der Waals surface area contributed by atoms with Crippen molar-refractivity contribution < 1.29 is 17.7 Å². The summed E-state index contributed by atoms with van der Waals surface area (Å²) in [5.74, 6) is 0. The number of anilines is 1. The van der Waals surface area contributed by atoms with Crippen LogP contribution in [-0.4, -0.2) is 11.1 Å². The minimum absolute atomic E-state index is 0.0306. The van der Waals surface area contributed by atoms with E-state index in [1.54, 1.807) is 24.3 Å². The molecule has 0 amide bonds. The molecule has 0 aliphatic rings. The van der Waals surface area contributed by atoms with Crippen LogP contribution in [0.1, 0.15) is 11.1 Å². The average Bonchev–Trinajstić information content (AvgIpc) is 2.47. The van der Waals surface area contributed by atoms with Crippen molar-refractivity contribution in [2.24, 2.45) is 0 Å². The van der Waals surface area contributed by atoms with Crippen molar-refractivity contribution in [1.29, 1.82) is 0 Å². The minimum atomic E-state index is -4.54. The third-order valence-corrected chi connectivity index (χ3v) is 3.92. The van der Waals surface area contributed by atoms with E-state index >= 15 is 0 Å². The van der Waals surface area contributed by atoms with Gasteiger partial charge in [-0.15, -0.1) is 4.72 Å². The van der Waals surface area contributed by atoms with Crippen LogP contribution in [0.3, 0.4) is 0 Å². The molecule has 0 aliphatic carbocycles. The number of benzene rings is 2. The quantitative estimate of drug-likeness (QED) is 0.326. The van der Waals surface area contributed by atoms with Gasteiger partial charge in [0.15, 0.2) is 0 Å². The Morgan fingerprint density at radius 3 is 2.39 bits per heavy atom. The lowest BCUT2D eigenvalue weighted by atomic mass is 9.97. The fraction of sp³-hybridized carbons (Fsp3) is 0.200. The molecule has 124 valence electrons. The van der Waals surface area contributed by atoms with E-state index in [4.69, 9.17) is 21.9 Å². The zero-order chi connectivity index (χ0) is 17.0. The Kier molecular flexibility index (Phi) is 5.80. The molecule has 0 aromatic heterocycles. The Morgan fingerprint density at radius 2 is 1.83 bits per heavy atom.